The summed E-state index contributed by atoms with van der Waals surface area (Å²) in [7, 11) is 2.02. The van der Waals surface area contributed by atoms with Gasteiger partial charge in [0.1, 0.15) is 11.4 Å². The number of fused-ring (bicyclic) bond motifs is 1. The van der Waals surface area contributed by atoms with Crippen molar-refractivity contribution in [3.63, 3.8) is 0 Å². The summed E-state index contributed by atoms with van der Waals surface area (Å²) in [6.07, 6.45) is 4.78. The predicted molar refractivity (Wildman–Crippen MR) is 74.2 cm³/mol. The summed E-state index contributed by atoms with van der Waals surface area (Å²) in [5.74, 6) is 1.65. The molecule has 0 saturated heterocycles. The maximum Gasteiger partial charge on any atom is 0.125 e. The smallest absolute Gasteiger partial charge is 0.125 e. The normalized spacial score (nSPS) is 34.4. The Bertz CT molecular complexity index is 462. The first-order valence-electron chi connectivity index (χ1n) is 6.80. The van der Waals surface area contributed by atoms with Crippen LogP contribution in [-0.4, -0.2) is 12.6 Å². The van der Waals surface area contributed by atoms with Gasteiger partial charge in [-0.3, -0.25) is 0 Å². The molecule has 0 amide bonds. The van der Waals surface area contributed by atoms with Gasteiger partial charge in [-0.1, -0.05) is 18.5 Å². The highest BCUT2D eigenvalue weighted by atomic mass is 35.5. The molecule has 1 heterocycles. The van der Waals surface area contributed by atoms with Gasteiger partial charge in [-0.25, -0.2) is 0 Å². The first-order chi connectivity index (χ1) is 8.64. The Kier molecular flexibility index (Phi) is 3.03. The number of nitrogens with one attached hydrogen (secondary N) is 1. The Morgan fingerprint density at radius 1 is 1.44 bits per heavy atom. The molecule has 1 aromatic carbocycles. The average molecular weight is 266 g/mol. The van der Waals surface area contributed by atoms with Gasteiger partial charge < -0.3 is 10.1 Å². The van der Waals surface area contributed by atoms with Gasteiger partial charge in [-0.2, -0.15) is 0 Å². The van der Waals surface area contributed by atoms with Crippen LogP contribution in [0.2, 0.25) is 5.02 Å². The van der Waals surface area contributed by atoms with Crippen LogP contribution in [0.1, 0.15) is 44.2 Å². The maximum absolute atomic E-state index is 6.38. The lowest BCUT2D eigenvalue weighted by Gasteiger charge is -2.42. The van der Waals surface area contributed by atoms with Crippen molar-refractivity contribution in [1.29, 1.82) is 0 Å². The van der Waals surface area contributed by atoms with E-state index in [1.165, 1.54) is 24.8 Å². The van der Waals surface area contributed by atoms with Crippen molar-refractivity contribution >= 4 is 11.6 Å². The minimum Gasteiger partial charge on any atom is -0.487 e. The minimum absolute atomic E-state index is 0.0362. The van der Waals surface area contributed by atoms with Crippen LogP contribution in [0, 0.1) is 5.92 Å². The predicted octanol–water partition coefficient (Wildman–Crippen LogP) is 3.94. The second-order valence-corrected chi connectivity index (χ2v) is 6.12. The molecule has 0 bridgehead atoms. The van der Waals surface area contributed by atoms with Crippen molar-refractivity contribution in [3.05, 3.63) is 28.8 Å². The number of rotatable bonds is 1. The number of halogens is 1. The van der Waals surface area contributed by atoms with Crippen LogP contribution < -0.4 is 10.1 Å². The molecular formula is C15H20ClNO. The van der Waals surface area contributed by atoms with E-state index in [1.807, 2.05) is 25.2 Å². The number of benzene rings is 1. The van der Waals surface area contributed by atoms with Crippen LogP contribution in [0.3, 0.4) is 0 Å². The van der Waals surface area contributed by atoms with Gasteiger partial charge in [-0.15, -0.1) is 0 Å². The van der Waals surface area contributed by atoms with Gasteiger partial charge in [0.2, 0.25) is 0 Å². The molecule has 98 valence electrons. The van der Waals surface area contributed by atoms with E-state index in [9.17, 15) is 0 Å². The molecule has 1 spiro atoms. The highest BCUT2D eigenvalue weighted by molar-refractivity contribution is 6.30. The SMILES string of the molecule is CNC1CC2(CCCC2C)Oc2ccc(Cl)cc21. The Labute approximate surface area is 114 Å². The van der Waals surface area contributed by atoms with E-state index in [0.717, 1.165) is 17.2 Å². The minimum atomic E-state index is 0.0362. The molecule has 3 atom stereocenters. The van der Waals surface area contributed by atoms with Crippen molar-refractivity contribution in [1.82, 2.24) is 5.32 Å². The average Bonchev–Trinajstić information content (AvgIpc) is 2.70. The van der Waals surface area contributed by atoms with E-state index in [4.69, 9.17) is 16.3 Å². The number of ether oxygens (including phenoxy) is 1. The van der Waals surface area contributed by atoms with E-state index in [2.05, 4.69) is 12.2 Å². The largest absolute Gasteiger partial charge is 0.487 e. The second kappa shape index (κ2) is 4.43. The van der Waals surface area contributed by atoms with Gasteiger partial charge in [0.25, 0.3) is 0 Å². The molecule has 1 aliphatic heterocycles. The van der Waals surface area contributed by atoms with Crippen molar-refractivity contribution in [2.45, 2.75) is 44.2 Å². The van der Waals surface area contributed by atoms with Crippen molar-refractivity contribution in [2.24, 2.45) is 5.92 Å². The van der Waals surface area contributed by atoms with E-state index >= 15 is 0 Å². The molecule has 3 unspecified atom stereocenters. The van der Waals surface area contributed by atoms with Crippen LogP contribution in [0.4, 0.5) is 0 Å². The molecule has 18 heavy (non-hydrogen) atoms. The second-order valence-electron chi connectivity index (χ2n) is 5.69. The zero-order valence-electron chi connectivity index (χ0n) is 11.0. The molecule has 1 N–H and O–H groups in total. The maximum atomic E-state index is 6.38. The Balaban J connectivity index is 2.02. The van der Waals surface area contributed by atoms with Crippen LogP contribution in [0.5, 0.6) is 5.75 Å². The zero-order chi connectivity index (χ0) is 12.8. The first kappa shape index (κ1) is 12.3. The van der Waals surface area contributed by atoms with Crippen LogP contribution in [0.15, 0.2) is 18.2 Å². The van der Waals surface area contributed by atoms with E-state index in [1.54, 1.807) is 0 Å². The number of hydrogen-bond donors (Lipinski definition) is 1. The summed E-state index contributed by atoms with van der Waals surface area (Å²) < 4.78 is 6.38. The van der Waals surface area contributed by atoms with E-state index < -0.39 is 0 Å². The van der Waals surface area contributed by atoms with Crippen molar-refractivity contribution in [3.8, 4) is 5.75 Å². The summed E-state index contributed by atoms with van der Waals surface area (Å²) in [5.41, 5.74) is 1.24. The molecule has 0 aromatic heterocycles. The standard InChI is InChI=1S/C15H20ClNO/c1-10-4-3-7-15(10)9-13(17-2)12-8-11(16)5-6-14(12)18-15/h5-6,8,10,13,17H,3-4,7,9H2,1-2H3. The van der Waals surface area contributed by atoms with Gasteiger partial charge >= 0.3 is 0 Å². The van der Waals surface area contributed by atoms with Crippen LogP contribution in [0.25, 0.3) is 0 Å². The molecule has 3 heteroatoms. The van der Waals surface area contributed by atoms with E-state index in [0.29, 0.717) is 12.0 Å². The number of hydrogen-bond acceptors (Lipinski definition) is 2. The molecule has 3 rings (SSSR count). The van der Waals surface area contributed by atoms with E-state index in [-0.39, 0.29) is 5.60 Å². The monoisotopic (exact) mass is 265 g/mol. The molecule has 1 aromatic rings. The molecule has 1 fully saturated rings. The quantitative estimate of drug-likeness (QED) is 0.830. The van der Waals surface area contributed by atoms with Gasteiger partial charge in [-0.05, 0) is 50.4 Å². The lowest BCUT2D eigenvalue weighted by Crippen LogP contribution is -2.45. The van der Waals surface area contributed by atoms with Crippen molar-refractivity contribution in [2.75, 3.05) is 7.05 Å². The third-order valence-electron chi connectivity index (χ3n) is 4.69. The van der Waals surface area contributed by atoms with Gasteiger partial charge in [0, 0.05) is 23.0 Å². The summed E-state index contributed by atoms with van der Waals surface area (Å²) in [6.45, 7) is 2.32. The Morgan fingerprint density at radius 2 is 2.28 bits per heavy atom. The summed E-state index contributed by atoms with van der Waals surface area (Å²) in [4.78, 5) is 0. The molecule has 2 nitrogen and oxygen atoms in total. The molecule has 1 saturated carbocycles. The topological polar surface area (TPSA) is 21.3 Å². The highest BCUT2D eigenvalue weighted by Crippen LogP contribution is 2.50. The summed E-state index contributed by atoms with van der Waals surface area (Å²) in [5, 5.41) is 4.21. The van der Waals surface area contributed by atoms with Crippen LogP contribution in [-0.2, 0) is 0 Å². The summed E-state index contributed by atoms with van der Waals surface area (Å²) in [6, 6.07) is 6.33. The lowest BCUT2D eigenvalue weighted by molar-refractivity contribution is 0.00278. The molecule has 1 aliphatic carbocycles. The fraction of sp³-hybridized carbons (Fsp3) is 0.600. The molecular weight excluding hydrogens is 246 g/mol. The third kappa shape index (κ3) is 1.83. The molecule has 0 radical (unpaired) electrons. The summed E-state index contributed by atoms with van der Waals surface area (Å²) >= 11 is 6.10. The Morgan fingerprint density at radius 3 is 2.94 bits per heavy atom. The fourth-order valence-electron chi connectivity index (χ4n) is 3.53. The molecule has 2 aliphatic rings. The van der Waals surface area contributed by atoms with Crippen LogP contribution >= 0.6 is 11.6 Å². The zero-order valence-corrected chi connectivity index (χ0v) is 11.8. The fourth-order valence-corrected chi connectivity index (χ4v) is 3.71. The highest BCUT2D eigenvalue weighted by Gasteiger charge is 2.47. The van der Waals surface area contributed by atoms with Gasteiger partial charge in [0.15, 0.2) is 0 Å². The van der Waals surface area contributed by atoms with Gasteiger partial charge in [0.05, 0.1) is 0 Å². The van der Waals surface area contributed by atoms with Crippen molar-refractivity contribution < 1.29 is 4.74 Å². The first-order valence-corrected chi connectivity index (χ1v) is 7.18. The third-order valence-corrected chi connectivity index (χ3v) is 4.93. The lowest BCUT2D eigenvalue weighted by atomic mass is 9.81. The Hall–Kier alpha value is -0.730.